The van der Waals surface area contributed by atoms with E-state index in [0.717, 1.165) is 6.42 Å². The number of fused-ring (bicyclic) bond motifs is 1. The van der Waals surface area contributed by atoms with Gasteiger partial charge in [-0.25, -0.2) is 0 Å². The molecule has 0 saturated carbocycles. The molecule has 0 unspecified atom stereocenters. The summed E-state index contributed by atoms with van der Waals surface area (Å²) in [6, 6.07) is 7.37. The topological polar surface area (TPSA) is 46.6 Å². The lowest BCUT2D eigenvalue weighted by Gasteiger charge is -2.37. The molecule has 1 aromatic rings. The normalized spacial score (nSPS) is 26.9. The highest BCUT2D eigenvalue weighted by Gasteiger charge is 2.42. The van der Waals surface area contributed by atoms with Gasteiger partial charge in [0.15, 0.2) is 5.78 Å². The maximum absolute atomic E-state index is 12.3. The van der Waals surface area contributed by atoms with Gasteiger partial charge in [0.05, 0.1) is 12.0 Å². The fourth-order valence-corrected chi connectivity index (χ4v) is 2.87. The standard InChI is InChI=1S/C15H17NO3/c1-16-9-8-15(7-6-14(16)18)10-12(17)11-4-2-3-5-13(11)19-15/h2-5H,6-10H2,1H3/t15-/m0/s1. The molecular weight excluding hydrogens is 242 g/mol. The summed E-state index contributed by atoms with van der Waals surface area (Å²) in [5, 5.41) is 0. The highest BCUT2D eigenvalue weighted by Crippen LogP contribution is 2.39. The van der Waals surface area contributed by atoms with E-state index in [9.17, 15) is 9.59 Å². The third kappa shape index (κ3) is 2.11. The molecule has 0 bridgehead atoms. The molecule has 1 saturated heterocycles. The quantitative estimate of drug-likeness (QED) is 0.716. The van der Waals surface area contributed by atoms with Crippen LogP contribution in [-0.4, -0.2) is 35.8 Å². The van der Waals surface area contributed by atoms with Gasteiger partial charge in [-0.15, -0.1) is 0 Å². The number of carbonyl (C=O) groups excluding carboxylic acids is 2. The van der Waals surface area contributed by atoms with E-state index in [2.05, 4.69) is 0 Å². The van der Waals surface area contributed by atoms with E-state index in [1.54, 1.807) is 18.0 Å². The SMILES string of the molecule is CN1CC[C@@]2(CCC1=O)CC(=O)c1ccccc1O2. The van der Waals surface area contributed by atoms with Crippen molar-refractivity contribution in [3.05, 3.63) is 29.8 Å². The van der Waals surface area contributed by atoms with Crippen LogP contribution in [0, 0.1) is 0 Å². The zero-order valence-electron chi connectivity index (χ0n) is 11.0. The van der Waals surface area contributed by atoms with Crippen LogP contribution in [-0.2, 0) is 4.79 Å². The Morgan fingerprint density at radius 1 is 1.21 bits per heavy atom. The summed E-state index contributed by atoms with van der Waals surface area (Å²) in [5.74, 6) is 0.918. The lowest BCUT2D eigenvalue weighted by molar-refractivity contribution is -0.129. The van der Waals surface area contributed by atoms with Crippen LogP contribution in [0.3, 0.4) is 0 Å². The molecule has 2 aliphatic heterocycles. The fourth-order valence-electron chi connectivity index (χ4n) is 2.87. The number of carbonyl (C=O) groups is 2. The van der Waals surface area contributed by atoms with E-state index in [1.807, 2.05) is 18.2 Å². The van der Waals surface area contributed by atoms with Gasteiger partial charge >= 0.3 is 0 Å². The molecule has 4 heteroatoms. The summed E-state index contributed by atoms with van der Waals surface area (Å²) in [5.41, 5.74) is 0.170. The molecule has 1 aromatic carbocycles. The third-order valence-corrected chi connectivity index (χ3v) is 4.12. The lowest BCUT2D eigenvalue weighted by atomic mass is 9.84. The average Bonchev–Trinajstić information content (AvgIpc) is 2.54. The Kier molecular flexibility index (Phi) is 2.81. The number of ether oxygens (including phenoxy) is 1. The van der Waals surface area contributed by atoms with Gasteiger partial charge in [0, 0.05) is 26.4 Å². The van der Waals surface area contributed by atoms with Crippen molar-refractivity contribution in [3.8, 4) is 5.75 Å². The first-order valence-corrected chi connectivity index (χ1v) is 6.65. The van der Waals surface area contributed by atoms with Gasteiger partial charge in [-0.3, -0.25) is 9.59 Å². The molecule has 19 heavy (non-hydrogen) atoms. The molecule has 1 amide bonds. The van der Waals surface area contributed by atoms with Crippen LogP contribution in [0.15, 0.2) is 24.3 Å². The number of para-hydroxylation sites is 1. The molecule has 2 aliphatic rings. The number of hydrogen-bond donors (Lipinski definition) is 0. The van der Waals surface area contributed by atoms with Gasteiger partial charge < -0.3 is 9.64 Å². The molecule has 1 spiro atoms. The summed E-state index contributed by atoms with van der Waals surface area (Å²) in [6.07, 6.45) is 2.17. The summed E-state index contributed by atoms with van der Waals surface area (Å²) in [4.78, 5) is 25.7. The Hall–Kier alpha value is -1.84. The van der Waals surface area contributed by atoms with Crippen LogP contribution in [0.1, 0.15) is 36.0 Å². The number of Topliss-reactive ketones (excluding diaryl/α,β-unsaturated/α-hetero) is 1. The van der Waals surface area contributed by atoms with Crippen LogP contribution >= 0.6 is 0 Å². The second-order valence-electron chi connectivity index (χ2n) is 5.45. The predicted molar refractivity (Wildman–Crippen MR) is 70.2 cm³/mol. The Bertz CT molecular complexity index is 540. The summed E-state index contributed by atoms with van der Waals surface area (Å²) in [7, 11) is 1.81. The van der Waals surface area contributed by atoms with E-state index < -0.39 is 5.60 Å². The third-order valence-electron chi connectivity index (χ3n) is 4.12. The van der Waals surface area contributed by atoms with E-state index in [1.165, 1.54) is 0 Å². The van der Waals surface area contributed by atoms with Crippen molar-refractivity contribution in [1.29, 1.82) is 0 Å². The van der Waals surface area contributed by atoms with Crippen LogP contribution < -0.4 is 4.74 Å². The van der Waals surface area contributed by atoms with Crippen molar-refractivity contribution in [3.63, 3.8) is 0 Å². The molecule has 0 N–H and O–H groups in total. The Morgan fingerprint density at radius 2 is 2.00 bits per heavy atom. The van der Waals surface area contributed by atoms with E-state index in [4.69, 9.17) is 4.74 Å². The van der Waals surface area contributed by atoms with Crippen molar-refractivity contribution >= 4 is 11.7 Å². The van der Waals surface area contributed by atoms with E-state index >= 15 is 0 Å². The zero-order chi connectivity index (χ0) is 13.5. The van der Waals surface area contributed by atoms with E-state index in [0.29, 0.717) is 37.1 Å². The summed E-state index contributed by atoms with van der Waals surface area (Å²) in [6.45, 7) is 0.647. The van der Waals surface area contributed by atoms with Gasteiger partial charge in [-0.2, -0.15) is 0 Å². The van der Waals surface area contributed by atoms with Gasteiger partial charge in [0.25, 0.3) is 0 Å². The second-order valence-corrected chi connectivity index (χ2v) is 5.45. The van der Waals surface area contributed by atoms with E-state index in [-0.39, 0.29) is 11.7 Å². The number of hydrogen-bond acceptors (Lipinski definition) is 3. The van der Waals surface area contributed by atoms with Crippen LogP contribution in [0.4, 0.5) is 0 Å². The molecule has 0 aromatic heterocycles. The van der Waals surface area contributed by atoms with Crippen LogP contribution in [0.2, 0.25) is 0 Å². The molecule has 2 heterocycles. The average molecular weight is 259 g/mol. The van der Waals surface area contributed by atoms with Crippen molar-refractivity contribution in [2.75, 3.05) is 13.6 Å². The number of amides is 1. The minimum Gasteiger partial charge on any atom is -0.486 e. The second kappa shape index (κ2) is 4.37. The molecule has 0 aliphatic carbocycles. The summed E-state index contributed by atoms with van der Waals surface area (Å²) >= 11 is 0. The maximum atomic E-state index is 12.3. The monoisotopic (exact) mass is 259 g/mol. The maximum Gasteiger partial charge on any atom is 0.222 e. The molecule has 1 atom stereocenters. The summed E-state index contributed by atoms with van der Waals surface area (Å²) < 4.78 is 6.11. The first-order chi connectivity index (χ1) is 9.10. The first kappa shape index (κ1) is 12.2. The highest BCUT2D eigenvalue weighted by molar-refractivity contribution is 6.00. The minimum absolute atomic E-state index is 0.124. The number of ketones is 1. The molecule has 3 rings (SSSR count). The lowest BCUT2D eigenvalue weighted by Crippen LogP contribution is -2.42. The van der Waals surface area contributed by atoms with Crippen molar-refractivity contribution in [2.45, 2.75) is 31.3 Å². The van der Waals surface area contributed by atoms with Crippen molar-refractivity contribution in [2.24, 2.45) is 0 Å². The highest BCUT2D eigenvalue weighted by atomic mass is 16.5. The number of benzene rings is 1. The molecular formula is C15H17NO3. The zero-order valence-corrected chi connectivity index (χ0v) is 11.0. The predicted octanol–water partition coefficient (Wildman–Crippen LogP) is 2.03. The minimum atomic E-state index is -0.494. The number of nitrogens with zero attached hydrogens (tertiary/aromatic N) is 1. The Labute approximate surface area is 112 Å². The van der Waals surface area contributed by atoms with Crippen molar-refractivity contribution in [1.82, 2.24) is 4.90 Å². The number of rotatable bonds is 0. The first-order valence-electron chi connectivity index (χ1n) is 6.65. The molecule has 100 valence electrons. The molecule has 1 fully saturated rings. The Morgan fingerprint density at radius 3 is 2.84 bits per heavy atom. The number of likely N-dealkylation sites (tertiary alicyclic amines) is 1. The smallest absolute Gasteiger partial charge is 0.222 e. The van der Waals surface area contributed by atoms with Crippen LogP contribution in [0.5, 0.6) is 5.75 Å². The molecule has 4 nitrogen and oxygen atoms in total. The Balaban J connectivity index is 1.91. The largest absolute Gasteiger partial charge is 0.486 e. The van der Waals surface area contributed by atoms with Gasteiger partial charge in [-0.1, -0.05) is 12.1 Å². The van der Waals surface area contributed by atoms with Gasteiger partial charge in [0.2, 0.25) is 5.91 Å². The van der Waals surface area contributed by atoms with Crippen molar-refractivity contribution < 1.29 is 14.3 Å². The molecule has 0 radical (unpaired) electrons. The van der Waals surface area contributed by atoms with Gasteiger partial charge in [-0.05, 0) is 18.6 Å². The fraction of sp³-hybridized carbons (Fsp3) is 0.467. The van der Waals surface area contributed by atoms with Gasteiger partial charge in [0.1, 0.15) is 11.4 Å². The van der Waals surface area contributed by atoms with Crippen LogP contribution in [0.25, 0.3) is 0 Å².